The summed E-state index contributed by atoms with van der Waals surface area (Å²) in [7, 11) is 0. The Morgan fingerprint density at radius 1 is 0.727 bits per heavy atom. The van der Waals surface area contributed by atoms with Crippen LogP contribution in [0.3, 0.4) is 0 Å². The first kappa shape index (κ1) is 48.2. The summed E-state index contributed by atoms with van der Waals surface area (Å²) in [5.74, 6) is -4.37. The van der Waals surface area contributed by atoms with Crippen LogP contribution in [0.5, 0.6) is 0 Å². The second-order valence-electron chi connectivity index (χ2n) is 0.575. The van der Waals surface area contributed by atoms with Gasteiger partial charge >= 0.3 is 17.1 Å². The summed E-state index contributed by atoms with van der Waals surface area (Å²) in [6.45, 7) is 0. The average molecular weight is 215 g/mol. The second kappa shape index (κ2) is 22.8. The van der Waals surface area contributed by atoms with Crippen molar-refractivity contribution in [3.63, 3.8) is 0 Å². The molecule has 0 aliphatic rings. The summed E-state index contributed by atoms with van der Waals surface area (Å²) in [6, 6.07) is 0. The van der Waals surface area contributed by atoms with E-state index < -0.39 is 11.9 Å². The van der Waals surface area contributed by atoms with E-state index >= 15 is 0 Å². The van der Waals surface area contributed by atoms with Crippen molar-refractivity contribution in [2.75, 3.05) is 0 Å². The fourth-order valence-electron chi connectivity index (χ4n) is 0. The zero-order valence-corrected chi connectivity index (χ0v) is 6.19. The summed E-state index contributed by atoms with van der Waals surface area (Å²) in [5, 5.41) is 17.9. The molecule has 11 heavy (non-hydrogen) atoms. The molecule has 0 aliphatic heterocycles. The zero-order valence-electron chi connectivity index (χ0n) is 5.01. The second-order valence-corrected chi connectivity index (χ2v) is 0.575. The molecule has 0 fully saturated rings. The molecule has 0 atom stereocenters. The molecule has 0 amide bonds. The number of carbonyl (C=O) groups is 2. The number of aliphatic carboxylic acids is 2. The van der Waals surface area contributed by atoms with Crippen molar-refractivity contribution in [1.29, 1.82) is 0 Å². The van der Waals surface area contributed by atoms with Gasteiger partial charge in [-0.1, -0.05) is 0 Å². The van der Waals surface area contributed by atoms with E-state index in [-0.39, 0.29) is 39.0 Å². The average Bonchev–Trinajstić information content (AvgIpc) is 1.36. The molecule has 71 valence electrons. The van der Waals surface area contributed by atoms with Crippen molar-refractivity contribution in [3.05, 3.63) is 0 Å². The number of carboxylic acids is 2. The van der Waals surface area contributed by atoms with Crippen LogP contribution >= 0.6 is 0 Å². The van der Waals surface area contributed by atoms with Gasteiger partial charge in [0, 0.05) is 0 Å². The van der Waals surface area contributed by atoms with Crippen LogP contribution in [-0.2, 0) is 26.7 Å². The van der Waals surface area contributed by atoms with Gasteiger partial charge in [0.15, 0.2) is 0 Å². The van der Waals surface area contributed by atoms with E-state index in [1.165, 1.54) is 0 Å². The molecular formula is C2H8MnO8. The van der Waals surface area contributed by atoms with Gasteiger partial charge in [0.05, 0.1) is 11.9 Å². The molecule has 8 nitrogen and oxygen atoms in total. The fraction of sp³-hybridized carbons (Fsp3) is 0. The van der Waals surface area contributed by atoms with Gasteiger partial charge in [0.1, 0.15) is 0 Å². The molecule has 0 rings (SSSR count). The number of carbonyl (C=O) groups excluding carboxylic acids is 2. The fourth-order valence-corrected chi connectivity index (χ4v) is 0. The van der Waals surface area contributed by atoms with E-state index in [2.05, 4.69) is 0 Å². The molecule has 0 unspecified atom stereocenters. The standard InChI is InChI=1S/C2H2O4.Mn.4H2O/c3-1(4)2(5)6;;;;;/h(H,3,4)(H,5,6);;4*1H2/q;+2;;;;/p-2. The quantitative estimate of drug-likeness (QED) is 0.284. The smallest absolute Gasteiger partial charge is 0.543 e. The molecule has 0 bridgehead atoms. The van der Waals surface area contributed by atoms with Crippen LogP contribution in [0, 0.1) is 0 Å². The van der Waals surface area contributed by atoms with Crippen molar-refractivity contribution in [2.24, 2.45) is 0 Å². The Hall–Kier alpha value is -0.701. The minimum absolute atomic E-state index is 0. The van der Waals surface area contributed by atoms with Gasteiger partial charge in [-0.2, -0.15) is 0 Å². The first-order valence-corrected chi connectivity index (χ1v) is 1.07. The van der Waals surface area contributed by atoms with E-state index in [0.717, 1.165) is 0 Å². The van der Waals surface area contributed by atoms with Crippen molar-refractivity contribution in [2.45, 2.75) is 0 Å². The minimum Gasteiger partial charge on any atom is -0.543 e. The predicted molar refractivity (Wildman–Crippen MR) is 24.5 cm³/mol. The Kier molecular flexibility index (Phi) is 99.9. The number of hydrogen-bond donors (Lipinski definition) is 0. The summed E-state index contributed by atoms with van der Waals surface area (Å²) >= 11 is 0. The van der Waals surface area contributed by atoms with E-state index in [1.54, 1.807) is 0 Å². The zero-order chi connectivity index (χ0) is 5.15. The first-order valence-electron chi connectivity index (χ1n) is 1.07. The topological polar surface area (TPSA) is 206 Å². The van der Waals surface area contributed by atoms with Crippen LogP contribution < -0.4 is 10.2 Å². The van der Waals surface area contributed by atoms with Gasteiger partial charge in [-0.05, 0) is 0 Å². The van der Waals surface area contributed by atoms with E-state index in [1.807, 2.05) is 0 Å². The minimum atomic E-state index is -2.19. The SMILES string of the molecule is O.O.O.O.O=C([O-])C(=O)[O-].[Mn+2]. The molecule has 0 aromatic carbocycles. The van der Waals surface area contributed by atoms with Crippen LogP contribution in [0.4, 0.5) is 0 Å². The normalized spacial score (nSPS) is 4.00. The van der Waals surface area contributed by atoms with Gasteiger partial charge < -0.3 is 41.7 Å². The monoisotopic (exact) mass is 215 g/mol. The van der Waals surface area contributed by atoms with Crippen LogP contribution in [-0.4, -0.2) is 33.8 Å². The Morgan fingerprint density at radius 3 is 0.818 bits per heavy atom. The number of rotatable bonds is 0. The van der Waals surface area contributed by atoms with E-state index in [4.69, 9.17) is 19.8 Å². The third-order valence-corrected chi connectivity index (χ3v) is 0.167. The van der Waals surface area contributed by atoms with Gasteiger partial charge in [0.2, 0.25) is 0 Å². The Morgan fingerprint density at radius 2 is 0.818 bits per heavy atom. The van der Waals surface area contributed by atoms with Crippen LogP contribution in [0.15, 0.2) is 0 Å². The first-order chi connectivity index (χ1) is 2.64. The van der Waals surface area contributed by atoms with Gasteiger partial charge in [0.25, 0.3) is 0 Å². The molecule has 8 N–H and O–H groups in total. The Bertz CT molecular complexity index is 78.1. The van der Waals surface area contributed by atoms with Crippen molar-refractivity contribution >= 4 is 11.9 Å². The Labute approximate surface area is 71.5 Å². The van der Waals surface area contributed by atoms with E-state index in [9.17, 15) is 0 Å². The maximum Gasteiger partial charge on any atom is 2.00 e. The molecule has 0 saturated heterocycles. The maximum absolute atomic E-state index is 8.93. The summed E-state index contributed by atoms with van der Waals surface area (Å²) in [5.41, 5.74) is 0. The molecule has 1 radical (unpaired) electrons. The molecule has 0 aromatic rings. The Balaban J connectivity index is -0.0000000125. The number of hydrogen-bond acceptors (Lipinski definition) is 4. The molecular weight excluding hydrogens is 207 g/mol. The summed E-state index contributed by atoms with van der Waals surface area (Å²) < 4.78 is 0. The summed E-state index contributed by atoms with van der Waals surface area (Å²) in [6.07, 6.45) is 0. The van der Waals surface area contributed by atoms with Crippen molar-refractivity contribution < 1.29 is 58.8 Å². The van der Waals surface area contributed by atoms with Crippen molar-refractivity contribution in [1.82, 2.24) is 0 Å². The number of carboxylic acid groups (broad SMARTS) is 2. The van der Waals surface area contributed by atoms with Crippen LogP contribution in [0.1, 0.15) is 0 Å². The van der Waals surface area contributed by atoms with Crippen LogP contribution in [0.25, 0.3) is 0 Å². The third kappa shape index (κ3) is 45.5. The third-order valence-electron chi connectivity index (χ3n) is 0.167. The van der Waals surface area contributed by atoms with Gasteiger partial charge in [-0.15, -0.1) is 0 Å². The predicted octanol–water partition coefficient (Wildman–Crippen LogP) is -6.82. The largest absolute Gasteiger partial charge is 2.00 e. The van der Waals surface area contributed by atoms with Crippen LogP contribution in [0.2, 0.25) is 0 Å². The maximum atomic E-state index is 8.93. The van der Waals surface area contributed by atoms with Crippen molar-refractivity contribution in [3.8, 4) is 0 Å². The molecule has 0 aromatic heterocycles. The van der Waals surface area contributed by atoms with Gasteiger partial charge in [-0.3, -0.25) is 0 Å². The summed E-state index contributed by atoms with van der Waals surface area (Å²) in [4.78, 5) is 17.9. The molecule has 0 saturated carbocycles. The van der Waals surface area contributed by atoms with Gasteiger partial charge in [-0.25, -0.2) is 0 Å². The molecule has 0 aliphatic carbocycles. The molecule has 0 spiro atoms. The molecule has 0 heterocycles. The van der Waals surface area contributed by atoms with E-state index in [0.29, 0.717) is 0 Å². The molecule has 9 heteroatoms.